The molecule has 0 aromatic rings. The Balaban J connectivity index is 2.03. The summed E-state index contributed by atoms with van der Waals surface area (Å²) < 4.78 is 24.4. The van der Waals surface area contributed by atoms with Crippen LogP contribution in [0.1, 0.15) is 6.42 Å². The summed E-state index contributed by atoms with van der Waals surface area (Å²) in [5, 5.41) is 0. The monoisotopic (exact) mass is 219 g/mol. The minimum Gasteiger partial charge on any atom is -0.329 e. The van der Waals surface area contributed by atoms with Crippen molar-refractivity contribution in [3.8, 4) is 0 Å². The van der Waals surface area contributed by atoms with Gasteiger partial charge in [-0.25, -0.2) is 8.42 Å². The summed E-state index contributed by atoms with van der Waals surface area (Å²) in [6.45, 7) is 3.05. The molecule has 6 heteroatoms. The molecule has 0 radical (unpaired) electrons. The standard InChI is InChI=1S/C8H17N3O2S/c1-14(12,13)11-6-7-4-8(11)5-10(7)3-2-9/h7-8H,2-6,9H2,1H3. The molecule has 0 spiro atoms. The van der Waals surface area contributed by atoms with Gasteiger partial charge in [0.2, 0.25) is 10.0 Å². The zero-order chi connectivity index (χ0) is 10.3. The molecule has 14 heavy (non-hydrogen) atoms. The molecule has 2 aliphatic rings. The molecule has 2 saturated heterocycles. The Hall–Kier alpha value is -0.170. The van der Waals surface area contributed by atoms with Crippen LogP contribution in [-0.2, 0) is 10.0 Å². The van der Waals surface area contributed by atoms with Crippen LogP contribution in [0.2, 0.25) is 0 Å². The van der Waals surface area contributed by atoms with E-state index in [2.05, 4.69) is 4.90 Å². The van der Waals surface area contributed by atoms with Gasteiger partial charge in [0.05, 0.1) is 6.26 Å². The van der Waals surface area contributed by atoms with Gasteiger partial charge in [-0.2, -0.15) is 4.31 Å². The van der Waals surface area contributed by atoms with E-state index < -0.39 is 10.0 Å². The zero-order valence-corrected chi connectivity index (χ0v) is 9.20. The number of rotatable bonds is 3. The Morgan fingerprint density at radius 2 is 2.07 bits per heavy atom. The molecule has 0 aromatic heterocycles. The second-order valence-electron chi connectivity index (χ2n) is 4.16. The molecule has 2 unspecified atom stereocenters. The Morgan fingerprint density at radius 1 is 1.36 bits per heavy atom. The molecule has 0 aliphatic carbocycles. The van der Waals surface area contributed by atoms with Crippen LogP contribution in [0, 0.1) is 0 Å². The molecular weight excluding hydrogens is 202 g/mol. The lowest BCUT2D eigenvalue weighted by Crippen LogP contribution is -2.49. The highest BCUT2D eigenvalue weighted by atomic mass is 32.2. The van der Waals surface area contributed by atoms with Crippen molar-refractivity contribution in [2.24, 2.45) is 5.73 Å². The summed E-state index contributed by atoms with van der Waals surface area (Å²) in [4.78, 5) is 2.30. The van der Waals surface area contributed by atoms with Gasteiger partial charge in [0, 0.05) is 38.3 Å². The van der Waals surface area contributed by atoms with Gasteiger partial charge in [-0.1, -0.05) is 0 Å². The second-order valence-corrected chi connectivity index (χ2v) is 6.09. The largest absolute Gasteiger partial charge is 0.329 e. The lowest BCUT2D eigenvalue weighted by atomic mass is 10.2. The minimum absolute atomic E-state index is 0.196. The van der Waals surface area contributed by atoms with Gasteiger partial charge in [0.15, 0.2) is 0 Å². The fourth-order valence-corrected chi connectivity index (χ4v) is 3.70. The van der Waals surface area contributed by atoms with Crippen molar-refractivity contribution in [3.05, 3.63) is 0 Å². The Bertz CT molecular complexity index is 317. The first-order chi connectivity index (χ1) is 6.52. The van der Waals surface area contributed by atoms with Crippen LogP contribution >= 0.6 is 0 Å². The number of nitrogens with zero attached hydrogens (tertiary/aromatic N) is 2. The third-order valence-electron chi connectivity index (χ3n) is 3.15. The zero-order valence-electron chi connectivity index (χ0n) is 8.39. The average molecular weight is 219 g/mol. The molecule has 2 aliphatic heterocycles. The second kappa shape index (κ2) is 3.44. The van der Waals surface area contributed by atoms with Crippen molar-refractivity contribution in [2.45, 2.75) is 18.5 Å². The van der Waals surface area contributed by atoms with Crippen LogP contribution in [0.25, 0.3) is 0 Å². The van der Waals surface area contributed by atoms with E-state index >= 15 is 0 Å². The van der Waals surface area contributed by atoms with Crippen LogP contribution < -0.4 is 5.73 Å². The van der Waals surface area contributed by atoms with E-state index in [-0.39, 0.29) is 6.04 Å². The van der Waals surface area contributed by atoms with E-state index in [1.807, 2.05) is 0 Å². The number of piperazine rings is 1. The van der Waals surface area contributed by atoms with Gasteiger partial charge in [-0.05, 0) is 6.42 Å². The lowest BCUT2D eigenvalue weighted by molar-refractivity contribution is 0.187. The van der Waals surface area contributed by atoms with E-state index in [4.69, 9.17) is 5.73 Å². The molecule has 2 heterocycles. The molecule has 2 fully saturated rings. The van der Waals surface area contributed by atoms with Crippen LogP contribution in [-0.4, -0.2) is 62.1 Å². The van der Waals surface area contributed by atoms with Crippen molar-refractivity contribution in [2.75, 3.05) is 32.4 Å². The molecule has 2 N–H and O–H groups in total. The number of fused-ring (bicyclic) bond motifs is 2. The molecule has 2 atom stereocenters. The van der Waals surface area contributed by atoms with Gasteiger partial charge < -0.3 is 5.73 Å². The first-order valence-corrected chi connectivity index (χ1v) is 6.78. The predicted octanol–water partition coefficient (Wildman–Crippen LogP) is -1.34. The van der Waals surface area contributed by atoms with Gasteiger partial charge >= 0.3 is 0 Å². The molecule has 0 saturated carbocycles. The minimum atomic E-state index is -3.00. The molecule has 2 rings (SSSR count). The van der Waals surface area contributed by atoms with Crippen molar-refractivity contribution in [1.82, 2.24) is 9.21 Å². The van der Waals surface area contributed by atoms with E-state index in [0.717, 1.165) is 19.5 Å². The Morgan fingerprint density at radius 3 is 2.50 bits per heavy atom. The summed E-state index contributed by atoms with van der Waals surface area (Å²) >= 11 is 0. The maximum atomic E-state index is 11.4. The smallest absolute Gasteiger partial charge is 0.211 e. The van der Waals surface area contributed by atoms with Crippen molar-refractivity contribution < 1.29 is 8.42 Å². The van der Waals surface area contributed by atoms with Gasteiger partial charge in [-0.3, -0.25) is 4.90 Å². The highest BCUT2D eigenvalue weighted by Gasteiger charge is 2.46. The fraction of sp³-hybridized carbons (Fsp3) is 1.00. The summed E-state index contributed by atoms with van der Waals surface area (Å²) in [6, 6.07) is 0.597. The fourth-order valence-electron chi connectivity index (χ4n) is 2.56. The van der Waals surface area contributed by atoms with Crippen molar-refractivity contribution in [3.63, 3.8) is 0 Å². The molecule has 5 nitrogen and oxygen atoms in total. The highest BCUT2D eigenvalue weighted by Crippen LogP contribution is 2.31. The number of sulfonamides is 1. The molecule has 82 valence electrons. The molecule has 2 bridgehead atoms. The van der Waals surface area contributed by atoms with Gasteiger partial charge in [0.25, 0.3) is 0 Å². The highest BCUT2D eigenvalue weighted by molar-refractivity contribution is 7.88. The predicted molar refractivity (Wildman–Crippen MR) is 54.4 cm³/mol. The van der Waals surface area contributed by atoms with Gasteiger partial charge in [0.1, 0.15) is 0 Å². The summed E-state index contributed by atoms with van der Waals surface area (Å²) in [6.07, 6.45) is 2.27. The van der Waals surface area contributed by atoms with E-state index in [1.165, 1.54) is 6.26 Å². The maximum Gasteiger partial charge on any atom is 0.211 e. The van der Waals surface area contributed by atoms with Crippen molar-refractivity contribution >= 4 is 10.0 Å². The molecule has 0 amide bonds. The SMILES string of the molecule is CS(=O)(=O)N1CC2CC1CN2CCN. The van der Waals surface area contributed by atoms with E-state index in [1.54, 1.807) is 4.31 Å². The molecule has 0 aromatic carbocycles. The number of hydrogen-bond donors (Lipinski definition) is 1. The van der Waals surface area contributed by atoms with Gasteiger partial charge in [-0.15, -0.1) is 0 Å². The first-order valence-electron chi connectivity index (χ1n) is 4.93. The first kappa shape index (κ1) is 10.4. The van der Waals surface area contributed by atoms with Crippen LogP contribution in [0.15, 0.2) is 0 Å². The summed E-state index contributed by atoms with van der Waals surface area (Å²) in [7, 11) is -3.00. The maximum absolute atomic E-state index is 11.4. The third-order valence-corrected chi connectivity index (χ3v) is 4.45. The molecular formula is C8H17N3O2S. The lowest BCUT2D eigenvalue weighted by Gasteiger charge is -2.32. The summed E-state index contributed by atoms with van der Waals surface area (Å²) in [5.74, 6) is 0. The Kier molecular flexibility index (Phi) is 2.55. The van der Waals surface area contributed by atoms with E-state index in [0.29, 0.717) is 19.1 Å². The van der Waals surface area contributed by atoms with Crippen LogP contribution in [0.4, 0.5) is 0 Å². The number of hydrogen-bond acceptors (Lipinski definition) is 4. The normalized spacial score (nSPS) is 34.1. The third kappa shape index (κ3) is 1.67. The topological polar surface area (TPSA) is 66.6 Å². The quantitative estimate of drug-likeness (QED) is 0.638. The number of nitrogens with two attached hydrogens (primary N) is 1. The van der Waals surface area contributed by atoms with E-state index in [9.17, 15) is 8.42 Å². The average Bonchev–Trinajstić information content (AvgIpc) is 2.61. The summed E-state index contributed by atoms with van der Waals surface area (Å²) in [5.41, 5.74) is 5.49. The number of likely N-dealkylation sites (tertiary alicyclic amines) is 1. The Labute approximate surface area is 84.9 Å². The van der Waals surface area contributed by atoms with Crippen molar-refractivity contribution in [1.29, 1.82) is 0 Å². The van der Waals surface area contributed by atoms with Crippen LogP contribution in [0.5, 0.6) is 0 Å². The van der Waals surface area contributed by atoms with Crippen LogP contribution in [0.3, 0.4) is 0 Å².